The van der Waals surface area contributed by atoms with E-state index in [-0.39, 0.29) is 12.4 Å². The zero-order chi connectivity index (χ0) is 15.6. The summed E-state index contributed by atoms with van der Waals surface area (Å²) in [4.78, 5) is 0. The molecule has 0 bridgehead atoms. The molecule has 0 amide bonds. The van der Waals surface area contributed by atoms with Crippen molar-refractivity contribution in [3.8, 4) is 0 Å². The van der Waals surface area contributed by atoms with E-state index < -0.39 is 15.8 Å². The number of anilines is 1. The second-order valence-corrected chi connectivity index (χ2v) is 8.30. The van der Waals surface area contributed by atoms with Gasteiger partial charge in [-0.2, -0.15) is 0 Å². The van der Waals surface area contributed by atoms with Gasteiger partial charge in [-0.15, -0.1) is 0 Å². The van der Waals surface area contributed by atoms with E-state index >= 15 is 0 Å². The number of benzene rings is 1. The Bertz CT molecular complexity index is 612. The average molecular weight is 327 g/mol. The number of halogens is 1. The fourth-order valence-electron chi connectivity index (χ4n) is 2.35. The number of nitrogens with zero attached hydrogens (tertiary/aromatic N) is 1. The summed E-state index contributed by atoms with van der Waals surface area (Å²) in [5, 5.41) is 0. The maximum Gasteiger partial charge on any atom is 0.237 e. The van der Waals surface area contributed by atoms with Gasteiger partial charge in [0, 0.05) is 13.2 Å². The topological polar surface area (TPSA) is 46.6 Å². The molecule has 0 unspecified atom stereocenters. The Kier molecular flexibility index (Phi) is 4.68. The van der Waals surface area contributed by atoms with Crippen LogP contribution in [-0.2, 0) is 14.8 Å². The molecule has 1 aromatic rings. The molecule has 0 spiro atoms. The van der Waals surface area contributed by atoms with E-state index in [1.807, 2.05) is 0 Å². The van der Waals surface area contributed by atoms with Crippen LogP contribution in [0.25, 0.3) is 0 Å². The number of hydrogen-bond donors (Lipinski definition) is 0. The standard InChI is InChI=1S/C16H22FNO3S/c17-15-2-1-3-16(10-15)18(11-13-4-5-13)22(19,20)9-8-21-12-14-6-7-14/h1-3,10,13-14H,4-9,11-12H2. The molecule has 2 aliphatic rings. The SMILES string of the molecule is O=S(=O)(CCOCC1CC1)N(CC1CC1)c1cccc(F)c1. The molecule has 1 aromatic carbocycles. The zero-order valence-corrected chi connectivity index (χ0v) is 13.4. The largest absolute Gasteiger partial charge is 0.380 e. The van der Waals surface area contributed by atoms with Crippen LogP contribution in [0, 0.1) is 17.7 Å². The first-order valence-corrected chi connectivity index (χ1v) is 9.49. The van der Waals surface area contributed by atoms with E-state index in [1.165, 1.54) is 29.3 Å². The van der Waals surface area contributed by atoms with Gasteiger partial charge in [0.2, 0.25) is 10.0 Å². The lowest BCUT2D eigenvalue weighted by Crippen LogP contribution is -2.36. The van der Waals surface area contributed by atoms with Gasteiger partial charge < -0.3 is 4.74 Å². The highest BCUT2D eigenvalue weighted by Gasteiger charge is 2.31. The van der Waals surface area contributed by atoms with Crippen molar-refractivity contribution >= 4 is 15.7 Å². The van der Waals surface area contributed by atoms with Gasteiger partial charge in [0.1, 0.15) is 5.82 Å². The van der Waals surface area contributed by atoms with Crippen LogP contribution >= 0.6 is 0 Å². The lowest BCUT2D eigenvalue weighted by atomic mass is 10.3. The summed E-state index contributed by atoms with van der Waals surface area (Å²) in [7, 11) is -3.48. The van der Waals surface area contributed by atoms with Crippen LogP contribution in [0.5, 0.6) is 0 Å². The molecular formula is C16H22FNO3S. The van der Waals surface area contributed by atoms with Crippen LogP contribution in [0.2, 0.25) is 0 Å². The van der Waals surface area contributed by atoms with E-state index in [4.69, 9.17) is 4.74 Å². The van der Waals surface area contributed by atoms with E-state index in [0.717, 1.165) is 12.8 Å². The minimum absolute atomic E-state index is 0.0526. The molecule has 0 saturated heterocycles. The van der Waals surface area contributed by atoms with Crippen molar-refractivity contribution in [1.29, 1.82) is 0 Å². The van der Waals surface area contributed by atoms with Gasteiger partial charge in [-0.1, -0.05) is 6.07 Å². The molecule has 2 saturated carbocycles. The van der Waals surface area contributed by atoms with E-state index in [2.05, 4.69) is 0 Å². The molecule has 22 heavy (non-hydrogen) atoms. The van der Waals surface area contributed by atoms with E-state index in [9.17, 15) is 12.8 Å². The van der Waals surface area contributed by atoms with Crippen LogP contribution < -0.4 is 4.31 Å². The lowest BCUT2D eigenvalue weighted by molar-refractivity contribution is 0.138. The van der Waals surface area contributed by atoms with Crippen LogP contribution in [-0.4, -0.2) is 33.9 Å². The Morgan fingerprint density at radius 1 is 1.18 bits per heavy atom. The van der Waals surface area contributed by atoms with Crippen LogP contribution in [0.4, 0.5) is 10.1 Å². The zero-order valence-electron chi connectivity index (χ0n) is 12.6. The third-order valence-electron chi connectivity index (χ3n) is 4.09. The molecule has 2 aliphatic carbocycles. The van der Waals surface area contributed by atoms with Crippen molar-refractivity contribution in [3.63, 3.8) is 0 Å². The summed E-state index contributed by atoms with van der Waals surface area (Å²) in [6, 6.07) is 5.80. The van der Waals surface area contributed by atoms with Crippen molar-refractivity contribution < 1.29 is 17.5 Å². The maximum atomic E-state index is 13.4. The summed E-state index contributed by atoms with van der Waals surface area (Å²) in [5.41, 5.74) is 0.411. The van der Waals surface area contributed by atoms with Gasteiger partial charge in [-0.25, -0.2) is 12.8 Å². The second kappa shape index (κ2) is 6.54. The van der Waals surface area contributed by atoms with Crippen molar-refractivity contribution in [1.82, 2.24) is 0 Å². The predicted octanol–water partition coefficient (Wildman–Crippen LogP) is 2.80. The van der Waals surface area contributed by atoms with Gasteiger partial charge >= 0.3 is 0 Å². The number of sulfonamides is 1. The normalized spacial score (nSPS) is 18.4. The molecule has 0 N–H and O–H groups in total. The first kappa shape index (κ1) is 15.7. The van der Waals surface area contributed by atoms with Crippen LogP contribution in [0.15, 0.2) is 24.3 Å². The van der Waals surface area contributed by atoms with Gasteiger partial charge in [-0.05, 0) is 55.7 Å². The Labute approximate surface area is 131 Å². The molecule has 0 radical (unpaired) electrons. The van der Waals surface area contributed by atoms with Gasteiger partial charge in [0.05, 0.1) is 18.0 Å². The summed E-state index contributed by atoms with van der Waals surface area (Å²) >= 11 is 0. The minimum atomic E-state index is -3.48. The Morgan fingerprint density at radius 3 is 2.55 bits per heavy atom. The summed E-state index contributed by atoms with van der Waals surface area (Å²) in [5.74, 6) is 0.542. The van der Waals surface area contributed by atoms with Crippen molar-refractivity contribution in [2.45, 2.75) is 25.7 Å². The van der Waals surface area contributed by atoms with E-state index in [0.29, 0.717) is 30.7 Å². The number of hydrogen-bond acceptors (Lipinski definition) is 3. The highest BCUT2D eigenvalue weighted by atomic mass is 32.2. The third kappa shape index (κ3) is 4.43. The second-order valence-electron chi connectivity index (χ2n) is 6.29. The quantitative estimate of drug-likeness (QED) is 0.655. The molecule has 3 rings (SSSR count). The van der Waals surface area contributed by atoms with Crippen LogP contribution in [0.3, 0.4) is 0 Å². The summed E-state index contributed by atoms with van der Waals surface area (Å²) in [6.07, 6.45) is 4.45. The fraction of sp³-hybridized carbons (Fsp3) is 0.625. The van der Waals surface area contributed by atoms with E-state index in [1.54, 1.807) is 12.1 Å². The highest BCUT2D eigenvalue weighted by molar-refractivity contribution is 7.92. The summed E-state index contributed by atoms with van der Waals surface area (Å²) < 4.78 is 45.4. The number of rotatable bonds is 9. The van der Waals surface area contributed by atoms with Crippen LogP contribution in [0.1, 0.15) is 25.7 Å². The smallest absolute Gasteiger partial charge is 0.237 e. The first-order chi connectivity index (χ1) is 10.5. The van der Waals surface area contributed by atoms with Crippen molar-refractivity contribution in [3.05, 3.63) is 30.1 Å². The third-order valence-corrected chi connectivity index (χ3v) is 5.80. The van der Waals surface area contributed by atoms with Gasteiger partial charge in [-0.3, -0.25) is 4.31 Å². The maximum absolute atomic E-state index is 13.4. The minimum Gasteiger partial charge on any atom is -0.380 e. The molecule has 6 heteroatoms. The first-order valence-electron chi connectivity index (χ1n) is 7.88. The van der Waals surface area contributed by atoms with Crippen molar-refractivity contribution in [2.75, 3.05) is 29.8 Å². The summed E-state index contributed by atoms with van der Waals surface area (Å²) in [6.45, 7) is 1.29. The molecule has 0 heterocycles. The monoisotopic (exact) mass is 327 g/mol. The Balaban J connectivity index is 1.66. The molecule has 2 fully saturated rings. The number of ether oxygens (including phenoxy) is 1. The Morgan fingerprint density at radius 2 is 1.91 bits per heavy atom. The van der Waals surface area contributed by atoms with Gasteiger partial charge in [0.25, 0.3) is 0 Å². The Hall–Kier alpha value is -1.14. The highest BCUT2D eigenvalue weighted by Crippen LogP contribution is 2.33. The van der Waals surface area contributed by atoms with Crippen molar-refractivity contribution in [2.24, 2.45) is 11.8 Å². The molecule has 4 nitrogen and oxygen atoms in total. The molecule has 0 aliphatic heterocycles. The molecule has 0 atom stereocenters. The molecule has 0 aromatic heterocycles. The molecular weight excluding hydrogens is 305 g/mol. The fourth-order valence-corrected chi connectivity index (χ4v) is 3.78. The molecule has 122 valence electrons. The lowest BCUT2D eigenvalue weighted by Gasteiger charge is -2.24. The predicted molar refractivity (Wildman–Crippen MR) is 83.8 cm³/mol. The average Bonchev–Trinajstić information content (AvgIpc) is 3.36. The van der Waals surface area contributed by atoms with Gasteiger partial charge in [0.15, 0.2) is 0 Å².